The summed E-state index contributed by atoms with van der Waals surface area (Å²) in [6.07, 6.45) is 1.56. The number of ether oxygens (including phenoxy) is 1. The van der Waals surface area contributed by atoms with Crippen molar-refractivity contribution >= 4 is 39.7 Å². The Labute approximate surface area is 171 Å². The van der Waals surface area contributed by atoms with Crippen LogP contribution in [0.25, 0.3) is 0 Å². The van der Waals surface area contributed by atoms with Gasteiger partial charge in [0.15, 0.2) is 0 Å². The van der Waals surface area contributed by atoms with Crippen LogP contribution in [0.3, 0.4) is 0 Å². The summed E-state index contributed by atoms with van der Waals surface area (Å²) in [5.41, 5.74) is 4.81. The number of nitrogens with one attached hydrogen (secondary N) is 1. The lowest BCUT2D eigenvalue weighted by atomic mass is 10.2. The van der Waals surface area contributed by atoms with Crippen LogP contribution in [0.2, 0.25) is 5.02 Å². The third-order valence-electron chi connectivity index (χ3n) is 3.70. The normalized spacial score (nSPS) is 10.7. The first-order chi connectivity index (χ1) is 13.1. The molecule has 0 aliphatic heterocycles. The minimum absolute atomic E-state index is 0.309. The highest BCUT2D eigenvalue weighted by Gasteiger charge is 2.05. The van der Waals surface area contributed by atoms with Crippen LogP contribution < -0.4 is 10.2 Å². The van der Waals surface area contributed by atoms with E-state index < -0.39 is 0 Å². The van der Waals surface area contributed by atoms with Gasteiger partial charge in [-0.2, -0.15) is 5.10 Å². The van der Waals surface area contributed by atoms with Gasteiger partial charge in [-0.05, 0) is 54.1 Å². The zero-order valence-electron chi connectivity index (χ0n) is 14.2. The molecule has 0 aliphatic rings. The van der Waals surface area contributed by atoms with E-state index in [1.807, 2.05) is 48.5 Å². The number of benzene rings is 3. The van der Waals surface area contributed by atoms with E-state index >= 15 is 0 Å². The van der Waals surface area contributed by atoms with E-state index in [1.165, 1.54) is 0 Å². The Morgan fingerprint density at radius 3 is 2.48 bits per heavy atom. The fourth-order valence-corrected chi connectivity index (χ4v) is 2.68. The Morgan fingerprint density at radius 2 is 1.74 bits per heavy atom. The van der Waals surface area contributed by atoms with Crippen LogP contribution >= 0.6 is 27.5 Å². The topological polar surface area (TPSA) is 50.7 Å². The number of amides is 1. The van der Waals surface area contributed by atoms with Crippen LogP contribution in [0.5, 0.6) is 5.75 Å². The summed E-state index contributed by atoms with van der Waals surface area (Å²) in [6.45, 7) is 0.440. The SMILES string of the molecule is O=C(NN=Cc1ccccc1OCc1ccc(Br)cc1)c1ccc(Cl)cc1. The van der Waals surface area contributed by atoms with Gasteiger partial charge in [0.05, 0.1) is 6.21 Å². The average Bonchev–Trinajstić information content (AvgIpc) is 2.69. The van der Waals surface area contributed by atoms with Crippen LogP contribution in [-0.4, -0.2) is 12.1 Å². The van der Waals surface area contributed by atoms with Gasteiger partial charge in [0.25, 0.3) is 5.91 Å². The fraction of sp³-hybridized carbons (Fsp3) is 0.0476. The molecule has 0 aliphatic carbocycles. The summed E-state index contributed by atoms with van der Waals surface area (Å²) in [5.74, 6) is 0.376. The lowest BCUT2D eigenvalue weighted by molar-refractivity contribution is 0.0955. The molecule has 27 heavy (non-hydrogen) atoms. The van der Waals surface area contributed by atoms with Gasteiger partial charge in [0.1, 0.15) is 12.4 Å². The largest absolute Gasteiger partial charge is 0.488 e. The highest BCUT2D eigenvalue weighted by Crippen LogP contribution is 2.18. The molecular weight excluding hydrogens is 428 g/mol. The molecule has 6 heteroatoms. The number of hydrogen-bond donors (Lipinski definition) is 1. The fourth-order valence-electron chi connectivity index (χ4n) is 2.29. The predicted octanol–water partition coefficient (Wildman–Crippen LogP) is 5.45. The Balaban J connectivity index is 1.62. The Bertz CT molecular complexity index is 941. The molecule has 0 atom stereocenters. The van der Waals surface area contributed by atoms with Gasteiger partial charge in [-0.25, -0.2) is 5.43 Å². The molecule has 3 rings (SSSR count). The molecule has 0 heterocycles. The summed E-state index contributed by atoms with van der Waals surface area (Å²) in [7, 11) is 0. The second kappa shape index (κ2) is 9.35. The van der Waals surface area contributed by atoms with Crippen molar-refractivity contribution in [3.05, 3.63) is 99.0 Å². The van der Waals surface area contributed by atoms with E-state index in [0.717, 1.165) is 15.6 Å². The van der Waals surface area contributed by atoms with Crippen molar-refractivity contribution in [2.45, 2.75) is 6.61 Å². The van der Waals surface area contributed by atoms with Gasteiger partial charge in [-0.3, -0.25) is 4.79 Å². The lowest BCUT2D eigenvalue weighted by Gasteiger charge is -2.09. The molecular formula is C21H16BrClN2O2. The van der Waals surface area contributed by atoms with Crippen LogP contribution in [0.15, 0.2) is 82.4 Å². The third kappa shape index (κ3) is 5.67. The van der Waals surface area contributed by atoms with Crippen molar-refractivity contribution in [2.75, 3.05) is 0 Å². The van der Waals surface area contributed by atoms with Crippen molar-refractivity contribution in [3.63, 3.8) is 0 Å². The minimum Gasteiger partial charge on any atom is -0.488 e. The molecule has 0 bridgehead atoms. The molecule has 1 amide bonds. The van der Waals surface area contributed by atoms with E-state index in [2.05, 4.69) is 26.5 Å². The molecule has 4 nitrogen and oxygen atoms in total. The Morgan fingerprint density at radius 1 is 1.04 bits per heavy atom. The smallest absolute Gasteiger partial charge is 0.271 e. The molecule has 0 fully saturated rings. The summed E-state index contributed by atoms with van der Waals surface area (Å²) in [5, 5.41) is 4.60. The Hall–Kier alpha value is -2.63. The van der Waals surface area contributed by atoms with Gasteiger partial charge >= 0.3 is 0 Å². The molecule has 136 valence electrons. The molecule has 0 spiro atoms. The number of para-hydroxylation sites is 1. The number of halogens is 2. The van der Waals surface area contributed by atoms with Crippen molar-refractivity contribution in [1.29, 1.82) is 0 Å². The van der Waals surface area contributed by atoms with E-state index in [0.29, 0.717) is 22.9 Å². The number of carbonyl (C=O) groups excluding carboxylic acids is 1. The van der Waals surface area contributed by atoms with Crippen molar-refractivity contribution in [2.24, 2.45) is 5.10 Å². The summed E-state index contributed by atoms with van der Waals surface area (Å²) in [6, 6.07) is 22.0. The maximum atomic E-state index is 12.1. The monoisotopic (exact) mass is 442 g/mol. The van der Waals surface area contributed by atoms with Crippen LogP contribution in [-0.2, 0) is 6.61 Å². The number of hydrogen-bond acceptors (Lipinski definition) is 3. The number of hydrazone groups is 1. The van der Waals surface area contributed by atoms with E-state index in [4.69, 9.17) is 16.3 Å². The van der Waals surface area contributed by atoms with Crippen LogP contribution in [0.1, 0.15) is 21.5 Å². The predicted molar refractivity (Wildman–Crippen MR) is 111 cm³/mol. The van der Waals surface area contributed by atoms with E-state index in [1.54, 1.807) is 30.5 Å². The molecule has 1 N–H and O–H groups in total. The van der Waals surface area contributed by atoms with Crippen LogP contribution in [0, 0.1) is 0 Å². The first-order valence-electron chi connectivity index (χ1n) is 8.17. The molecule has 0 aromatic heterocycles. The van der Waals surface area contributed by atoms with Crippen molar-refractivity contribution < 1.29 is 9.53 Å². The van der Waals surface area contributed by atoms with Crippen molar-refractivity contribution in [3.8, 4) is 5.75 Å². The standard InChI is InChI=1S/C21H16BrClN2O2/c22-18-9-5-15(6-10-18)14-27-20-4-2-1-3-17(20)13-24-25-21(26)16-7-11-19(23)12-8-16/h1-13H,14H2,(H,25,26). The Kier molecular flexibility index (Phi) is 6.63. The maximum Gasteiger partial charge on any atom is 0.271 e. The van der Waals surface area contributed by atoms with Gasteiger partial charge in [0.2, 0.25) is 0 Å². The number of carbonyl (C=O) groups is 1. The zero-order chi connectivity index (χ0) is 19.1. The molecule has 0 saturated carbocycles. The molecule has 0 unspecified atom stereocenters. The maximum absolute atomic E-state index is 12.1. The van der Waals surface area contributed by atoms with Gasteiger partial charge in [-0.1, -0.05) is 51.8 Å². The van der Waals surface area contributed by atoms with E-state index in [-0.39, 0.29) is 5.91 Å². The highest BCUT2D eigenvalue weighted by molar-refractivity contribution is 9.10. The van der Waals surface area contributed by atoms with E-state index in [9.17, 15) is 4.79 Å². The lowest BCUT2D eigenvalue weighted by Crippen LogP contribution is -2.17. The first kappa shape index (κ1) is 19.1. The molecule has 3 aromatic carbocycles. The number of rotatable bonds is 6. The summed E-state index contributed by atoms with van der Waals surface area (Å²) in [4.78, 5) is 12.1. The van der Waals surface area contributed by atoms with Crippen LogP contribution in [0.4, 0.5) is 0 Å². The second-order valence-electron chi connectivity index (χ2n) is 5.66. The first-order valence-corrected chi connectivity index (χ1v) is 9.34. The highest BCUT2D eigenvalue weighted by atomic mass is 79.9. The molecule has 0 radical (unpaired) electrons. The number of nitrogens with zero attached hydrogens (tertiary/aromatic N) is 1. The third-order valence-corrected chi connectivity index (χ3v) is 4.48. The summed E-state index contributed by atoms with van der Waals surface area (Å²) >= 11 is 9.24. The van der Waals surface area contributed by atoms with Gasteiger partial charge in [0, 0.05) is 20.6 Å². The molecule has 3 aromatic rings. The van der Waals surface area contributed by atoms with Gasteiger partial charge in [-0.15, -0.1) is 0 Å². The minimum atomic E-state index is -0.309. The van der Waals surface area contributed by atoms with Gasteiger partial charge < -0.3 is 4.74 Å². The summed E-state index contributed by atoms with van der Waals surface area (Å²) < 4.78 is 6.91. The quantitative estimate of drug-likeness (QED) is 0.407. The zero-order valence-corrected chi connectivity index (χ0v) is 16.6. The molecule has 0 saturated heterocycles. The van der Waals surface area contributed by atoms with Crippen molar-refractivity contribution in [1.82, 2.24) is 5.43 Å². The average molecular weight is 444 g/mol. The second-order valence-corrected chi connectivity index (χ2v) is 7.01.